The van der Waals surface area contributed by atoms with Gasteiger partial charge in [-0.15, -0.1) is 0 Å². The van der Waals surface area contributed by atoms with Gasteiger partial charge in [0.15, 0.2) is 0 Å². The number of hydrogen-bond acceptors (Lipinski definition) is 2. The minimum Gasteiger partial charge on any atom is -0.337 e. The van der Waals surface area contributed by atoms with Gasteiger partial charge in [0, 0.05) is 18.8 Å². The molecular formula is C13H19NOS. The minimum atomic E-state index is 0.259. The van der Waals surface area contributed by atoms with E-state index in [4.69, 9.17) is 0 Å². The fourth-order valence-corrected chi connectivity index (χ4v) is 2.32. The van der Waals surface area contributed by atoms with Crippen molar-refractivity contribution < 1.29 is 4.79 Å². The Labute approximate surface area is 102 Å². The van der Waals surface area contributed by atoms with Crippen LogP contribution in [0.3, 0.4) is 0 Å². The Hall–Kier alpha value is -0.960. The third-order valence-electron chi connectivity index (χ3n) is 2.33. The Morgan fingerprint density at radius 3 is 3.06 bits per heavy atom. The molecular weight excluding hydrogens is 218 g/mol. The molecule has 2 nitrogen and oxygen atoms in total. The molecule has 0 aromatic carbocycles. The summed E-state index contributed by atoms with van der Waals surface area (Å²) in [6.07, 6.45) is 10.2. The number of thioether (sulfide) groups is 1. The lowest BCUT2D eigenvalue weighted by molar-refractivity contribution is -0.127. The van der Waals surface area contributed by atoms with E-state index in [1.807, 2.05) is 30.1 Å². The van der Waals surface area contributed by atoms with Gasteiger partial charge in [-0.2, -0.15) is 11.8 Å². The number of allylic oxidation sites excluding steroid dienone is 5. The second-order valence-corrected chi connectivity index (χ2v) is 4.84. The summed E-state index contributed by atoms with van der Waals surface area (Å²) in [6, 6.07) is 0. The maximum absolute atomic E-state index is 11.5. The second kappa shape index (κ2) is 7.34. The van der Waals surface area contributed by atoms with Gasteiger partial charge in [0.25, 0.3) is 0 Å². The molecule has 1 amide bonds. The van der Waals surface area contributed by atoms with Gasteiger partial charge in [-0.25, -0.2) is 0 Å². The Bertz CT molecular complexity index is 318. The average Bonchev–Trinajstić information content (AvgIpc) is 2.27. The van der Waals surface area contributed by atoms with Crippen LogP contribution in [0, 0.1) is 0 Å². The molecule has 0 atom stereocenters. The Balaban J connectivity index is 2.35. The van der Waals surface area contributed by atoms with Crippen LogP contribution in [0.5, 0.6) is 0 Å². The quantitative estimate of drug-likeness (QED) is 0.701. The summed E-state index contributed by atoms with van der Waals surface area (Å²) in [6.45, 7) is 5.68. The van der Waals surface area contributed by atoms with Crippen LogP contribution < -0.4 is 0 Å². The molecule has 1 rings (SSSR count). The van der Waals surface area contributed by atoms with Crippen molar-refractivity contribution in [1.29, 1.82) is 0 Å². The van der Waals surface area contributed by atoms with E-state index >= 15 is 0 Å². The van der Waals surface area contributed by atoms with Gasteiger partial charge < -0.3 is 4.90 Å². The first kappa shape index (κ1) is 13.1. The molecule has 3 heteroatoms. The maximum Gasteiger partial charge on any atom is 0.232 e. The molecule has 0 N–H and O–H groups in total. The lowest BCUT2D eigenvalue weighted by Gasteiger charge is -2.24. The summed E-state index contributed by atoms with van der Waals surface area (Å²) in [5.41, 5.74) is 1.22. The van der Waals surface area contributed by atoms with Crippen molar-refractivity contribution in [1.82, 2.24) is 4.90 Å². The van der Waals surface area contributed by atoms with Gasteiger partial charge in [0.05, 0.1) is 5.75 Å². The zero-order valence-electron chi connectivity index (χ0n) is 9.98. The van der Waals surface area contributed by atoms with E-state index in [2.05, 4.69) is 19.1 Å². The van der Waals surface area contributed by atoms with Crippen LogP contribution in [0.4, 0.5) is 0 Å². The van der Waals surface area contributed by atoms with E-state index in [1.54, 1.807) is 11.8 Å². The molecule has 0 aromatic rings. The summed E-state index contributed by atoms with van der Waals surface area (Å²) < 4.78 is 0. The summed E-state index contributed by atoms with van der Waals surface area (Å²) >= 11 is 1.72. The first-order valence-corrected chi connectivity index (χ1v) is 6.71. The van der Waals surface area contributed by atoms with Gasteiger partial charge >= 0.3 is 0 Å². The van der Waals surface area contributed by atoms with Crippen molar-refractivity contribution in [3.63, 3.8) is 0 Å². The fourth-order valence-electron chi connectivity index (χ4n) is 1.47. The van der Waals surface area contributed by atoms with E-state index in [0.717, 1.165) is 18.8 Å². The Morgan fingerprint density at radius 2 is 2.38 bits per heavy atom. The van der Waals surface area contributed by atoms with Crippen LogP contribution in [0.25, 0.3) is 0 Å². The summed E-state index contributed by atoms with van der Waals surface area (Å²) in [5.74, 6) is 1.96. The molecule has 0 aliphatic carbocycles. The topological polar surface area (TPSA) is 20.3 Å². The van der Waals surface area contributed by atoms with E-state index in [0.29, 0.717) is 5.75 Å². The molecule has 1 saturated heterocycles. The van der Waals surface area contributed by atoms with E-state index in [9.17, 15) is 4.79 Å². The average molecular weight is 237 g/mol. The molecule has 1 heterocycles. The molecule has 0 saturated carbocycles. The molecule has 88 valence electrons. The highest BCUT2D eigenvalue weighted by molar-refractivity contribution is 8.00. The standard InChI is InChI=1S/C13H19NOS/c1-3-6-12(2)7-4-5-8-14-9-10-16-11-13(14)15/h3-7H,8-11H2,1-2H3/b5-4+,6-3-,12-7-. The lowest BCUT2D eigenvalue weighted by Crippen LogP contribution is -2.38. The molecule has 0 radical (unpaired) electrons. The van der Waals surface area contributed by atoms with Crippen LogP contribution in [-0.4, -0.2) is 35.4 Å². The number of hydrogen-bond donors (Lipinski definition) is 0. The smallest absolute Gasteiger partial charge is 0.232 e. The van der Waals surface area contributed by atoms with Crippen LogP contribution in [0.1, 0.15) is 13.8 Å². The fraction of sp³-hybridized carbons (Fsp3) is 0.462. The Kier molecular flexibility index (Phi) is 6.01. The molecule has 0 aromatic heterocycles. The van der Waals surface area contributed by atoms with Gasteiger partial charge in [-0.05, 0) is 13.8 Å². The number of carbonyl (C=O) groups excluding carboxylic acids is 1. The third kappa shape index (κ3) is 4.71. The monoisotopic (exact) mass is 237 g/mol. The summed E-state index contributed by atoms with van der Waals surface area (Å²) in [4.78, 5) is 13.4. The van der Waals surface area contributed by atoms with Gasteiger partial charge in [0.2, 0.25) is 5.91 Å². The first-order chi connectivity index (χ1) is 7.74. The van der Waals surface area contributed by atoms with Crippen LogP contribution in [0.15, 0.2) is 36.0 Å². The highest BCUT2D eigenvalue weighted by Crippen LogP contribution is 2.10. The molecule has 1 aliphatic rings. The van der Waals surface area contributed by atoms with E-state index in [1.165, 1.54) is 5.57 Å². The van der Waals surface area contributed by atoms with Crippen molar-refractivity contribution in [3.8, 4) is 0 Å². The number of rotatable bonds is 4. The minimum absolute atomic E-state index is 0.259. The van der Waals surface area contributed by atoms with E-state index in [-0.39, 0.29) is 5.91 Å². The SMILES string of the molecule is C\C=C/C(C)=C\C=C\CN1CCSCC1=O. The molecule has 16 heavy (non-hydrogen) atoms. The number of carbonyl (C=O) groups is 1. The molecule has 1 fully saturated rings. The molecule has 1 aliphatic heterocycles. The summed E-state index contributed by atoms with van der Waals surface area (Å²) in [5, 5.41) is 0. The first-order valence-electron chi connectivity index (χ1n) is 5.55. The van der Waals surface area contributed by atoms with Crippen LogP contribution in [-0.2, 0) is 4.79 Å². The lowest BCUT2D eigenvalue weighted by atomic mass is 10.2. The van der Waals surface area contributed by atoms with Gasteiger partial charge in [-0.3, -0.25) is 4.79 Å². The predicted molar refractivity (Wildman–Crippen MR) is 71.6 cm³/mol. The zero-order valence-corrected chi connectivity index (χ0v) is 10.8. The highest BCUT2D eigenvalue weighted by atomic mass is 32.2. The van der Waals surface area contributed by atoms with E-state index < -0.39 is 0 Å². The van der Waals surface area contributed by atoms with Gasteiger partial charge in [0.1, 0.15) is 0 Å². The van der Waals surface area contributed by atoms with Crippen molar-refractivity contribution in [2.45, 2.75) is 13.8 Å². The van der Waals surface area contributed by atoms with Crippen molar-refractivity contribution in [3.05, 3.63) is 36.0 Å². The maximum atomic E-state index is 11.5. The zero-order chi connectivity index (χ0) is 11.8. The third-order valence-corrected chi connectivity index (χ3v) is 3.26. The normalized spacial score (nSPS) is 19.0. The predicted octanol–water partition coefficient (Wildman–Crippen LogP) is 2.64. The second-order valence-electron chi connectivity index (χ2n) is 3.73. The number of amides is 1. The van der Waals surface area contributed by atoms with Crippen molar-refractivity contribution >= 4 is 17.7 Å². The molecule has 0 spiro atoms. The van der Waals surface area contributed by atoms with Crippen molar-refractivity contribution in [2.75, 3.05) is 24.6 Å². The Morgan fingerprint density at radius 1 is 1.56 bits per heavy atom. The largest absolute Gasteiger partial charge is 0.337 e. The van der Waals surface area contributed by atoms with Crippen LogP contribution in [0.2, 0.25) is 0 Å². The molecule has 0 unspecified atom stereocenters. The van der Waals surface area contributed by atoms with Crippen LogP contribution >= 0.6 is 11.8 Å². The van der Waals surface area contributed by atoms with Crippen molar-refractivity contribution in [2.24, 2.45) is 0 Å². The molecule has 0 bridgehead atoms. The highest BCUT2D eigenvalue weighted by Gasteiger charge is 2.16. The van der Waals surface area contributed by atoms with Gasteiger partial charge in [-0.1, -0.05) is 36.0 Å². The summed E-state index contributed by atoms with van der Waals surface area (Å²) in [7, 11) is 0. The number of nitrogens with zero attached hydrogens (tertiary/aromatic N) is 1.